The van der Waals surface area contributed by atoms with E-state index in [0.29, 0.717) is 13.0 Å². The van der Waals surface area contributed by atoms with E-state index in [9.17, 15) is 9.90 Å². The van der Waals surface area contributed by atoms with Crippen molar-refractivity contribution in [3.05, 3.63) is 0 Å². The Labute approximate surface area is 110 Å². The van der Waals surface area contributed by atoms with Crippen LogP contribution in [0.15, 0.2) is 0 Å². The van der Waals surface area contributed by atoms with Gasteiger partial charge in [0.05, 0.1) is 6.10 Å². The highest BCUT2D eigenvalue weighted by Gasteiger charge is 2.39. The second-order valence-corrected chi connectivity index (χ2v) is 6.98. The van der Waals surface area contributed by atoms with Gasteiger partial charge in [0, 0.05) is 12.1 Å². The van der Waals surface area contributed by atoms with Crippen molar-refractivity contribution in [1.82, 2.24) is 4.90 Å². The minimum Gasteiger partial charge on any atom is -0.444 e. The van der Waals surface area contributed by atoms with Crippen LogP contribution < -0.4 is 0 Å². The molecule has 18 heavy (non-hydrogen) atoms. The van der Waals surface area contributed by atoms with Crippen molar-refractivity contribution in [2.75, 3.05) is 6.54 Å². The van der Waals surface area contributed by atoms with Gasteiger partial charge in [-0.25, -0.2) is 4.79 Å². The standard InChI is InChI=1S/C14H27NO3/c1-10-7-8-15(12(17)18-13(2,3)4)14(5,6)9-11(10)16/h10-11,16H,7-9H2,1-6H3/t10?,11-/m0/s1. The van der Waals surface area contributed by atoms with Crippen molar-refractivity contribution in [2.45, 2.75) is 71.6 Å². The molecule has 4 nitrogen and oxygen atoms in total. The first-order valence-electron chi connectivity index (χ1n) is 6.71. The molecule has 0 aromatic rings. The highest BCUT2D eigenvalue weighted by Crippen LogP contribution is 2.31. The summed E-state index contributed by atoms with van der Waals surface area (Å²) in [5.41, 5.74) is -0.851. The zero-order valence-corrected chi connectivity index (χ0v) is 12.5. The van der Waals surface area contributed by atoms with E-state index in [4.69, 9.17) is 4.74 Å². The Morgan fingerprint density at radius 3 is 2.44 bits per heavy atom. The van der Waals surface area contributed by atoms with Crippen LogP contribution in [0.2, 0.25) is 0 Å². The molecule has 1 aliphatic heterocycles. The number of amides is 1. The molecule has 1 rings (SSSR count). The summed E-state index contributed by atoms with van der Waals surface area (Å²) in [6.07, 6.45) is 0.762. The van der Waals surface area contributed by atoms with Gasteiger partial charge in [0.15, 0.2) is 0 Å². The molecular weight excluding hydrogens is 230 g/mol. The van der Waals surface area contributed by atoms with E-state index >= 15 is 0 Å². The zero-order chi connectivity index (χ0) is 14.1. The van der Waals surface area contributed by atoms with Crippen LogP contribution in [0, 0.1) is 5.92 Å². The van der Waals surface area contributed by atoms with Crippen molar-refractivity contribution >= 4 is 6.09 Å². The largest absolute Gasteiger partial charge is 0.444 e. The van der Waals surface area contributed by atoms with Crippen LogP contribution in [-0.2, 0) is 4.74 Å². The van der Waals surface area contributed by atoms with Crippen LogP contribution in [0.4, 0.5) is 4.79 Å². The number of aliphatic hydroxyl groups is 1. The predicted octanol–water partition coefficient (Wildman–Crippen LogP) is 2.79. The Balaban J connectivity index is 2.83. The highest BCUT2D eigenvalue weighted by molar-refractivity contribution is 5.69. The predicted molar refractivity (Wildman–Crippen MR) is 71.4 cm³/mol. The van der Waals surface area contributed by atoms with E-state index in [-0.39, 0.29) is 23.7 Å². The second kappa shape index (κ2) is 5.08. The van der Waals surface area contributed by atoms with Gasteiger partial charge in [0.25, 0.3) is 0 Å². The van der Waals surface area contributed by atoms with Gasteiger partial charge in [0.2, 0.25) is 0 Å². The third-order valence-electron chi connectivity index (χ3n) is 3.52. The Morgan fingerprint density at radius 1 is 1.39 bits per heavy atom. The number of hydrogen-bond donors (Lipinski definition) is 1. The van der Waals surface area contributed by atoms with Crippen LogP contribution in [0.25, 0.3) is 0 Å². The molecule has 2 atom stereocenters. The van der Waals surface area contributed by atoms with Gasteiger partial charge in [-0.05, 0) is 53.4 Å². The molecule has 0 aromatic carbocycles. The summed E-state index contributed by atoms with van der Waals surface area (Å²) >= 11 is 0. The lowest BCUT2D eigenvalue weighted by Crippen LogP contribution is -2.50. The number of nitrogens with zero attached hydrogens (tertiary/aromatic N) is 1. The molecule has 1 heterocycles. The molecule has 0 aromatic heterocycles. The van der Waals surface area contributed by atoms with E-state index in [1.807, 2.05) is 41.5 Å². The molecule has 1 saturated heterocycles. The lowest BCUT2D eigenvalue weighted by Gasteiger charge is -2.38. The molecule has 0 saturated carbocycles. The maximum Gasteiger partial charge on any atom is 0.410 e. The Hall–Kier alpha value is -0.770. The fourth-order valence-electron chi connectivity index (χ4n) is 2.31. The van der Waals surface area contributed by atoms with E-state index in [2.05, 4.69) is 0 Å². The van der Waals surface area contributed by atoms with Gasteiger partial charge in [-0.1, -0.05) is 6.92 Å². The number of carbonyl (C=O) groups excluding carboxylic acids is 1. The third kappa shape index (κ3) is 3.87. The van der Waals surface area contributed by atoms with Crippen LogP contribution in [-0.4, -0.2) is 39.9 Å². The first-order valence-corrected chi connectivity index (χ1v) is 6.71. The molecule has 1 aliphatic rings. The number of rotatable bonds is 0. The van der Waals surface area contributed by atoms with Crippen LogP contribution in [0.5, 0.6) is 0 Å². The lowest BCUT2D eigenvalue weighted by atomic mass is 9.91. The fraction of sp³-hybridized carbons (Fsp3) is 0.929. The average molecular weight is 257 g/mol. The van der Waals surface area contributed by atoms with Crippen molar-refractivity contribution < 1.29 is 14.6 Å². The summed E-state index contributed by atoms with van der Waals surface area (Å²) in [6, 6.07) is 0. The summed E-state index contributed by atoms with van der Waals surface area (Å²) < 4.78 is 5.44. The first-order chi connectivity index (χ1) is 8.03. The second-order valence-electron chi connectivity index (χ2n) is 6.98. The molecule has 1 amide bonds. The zero-order valence-electron chi connectivity index (χ0n) is 12.5. The topological polar surface area (TPSA) is 49.8 Å². The fourth-order valence-corrected chi connectivity index (χ4v) is 2.31. The quantitative estimate of drug-likeness (QED) is 0.726. The Kier molecular flexibility index (Phi) is 4.31. The Bertz CT molecular complexity index is 307. The first kappa shape index (κ1) is 15.3. The minimum absolute atomic E-state index is 0.219. The summed E-state index contributed by atoms with van der Waals surface area (Å²) in [4.78, 5) is 14.0. The number of carbonyl (C=O) groups is 1. The summed E-state index contributed by atoms with van der Waals surface area (Å²) in [7, 11) is 0. The molecular formula is C14H27NO3. The third-order valence-corrected chi connectivity index (χ3v) is 3.52. The Morgan fingerprint density at radius 2 is 1.94 bits per heavy atom. The molecule has 0 radical (unpaired) electrons. The van der Waals surface area contributed by atoms with Crippen LogP contribution in [0.3, 0.4) is 0 Å². The smallest absolute Gasteiger partial charge is 0.410 e. The van der Waals surface area contributed by atoms with E-state index in [0.717, 1.165) is 6.42 Å². The highest BCUT2D eigenvalue weighted by atomic mass is 16.6. The van der Waals surface area contributed by atoms with E-state index in [1.165, 1.54) is 0 Å². The monoisotopic (exact) mass is 257 g/mol. The van der Waals surface area contributed by atoms with Gasteiger partial charge < -0.3 is 14.7 Å². The molecule has 0 spiro atoms. The van der Waals surface area contributed by atoms with Crippen LogP contribution >= 0.6 is 0 Å². The number of aliphatic hydroxyl groups excluding tert-OH is 1. The SMILES string of the molecule is CC1CCN(C(=O)OC(C)(C)C)C(C)(C)C[C@@H]1O. The molecule has 1 fully saturated rings. The van der Waals surface area contributed by atoms with Gasteiger partial charge in [0.1, 0.15) is 5.60 Å². The summed E-state index contributed by atoms with van der Waals surface area (Å²) in [6.45, 7) is 12.2. The van der Waals surface area contributed by atoms with E-state index in [1.54, 1.807) is 4.90 Å². The molecule has 0 bridgehead atoms. The maximum atomic E-state index is 12.2. The van der Waals surface area contributed by atoms with Gasteiger partial charge in [-0.3, -0.25) is 0 Å². The van der Waals surface area contributed by atoms with Crippen LogP contribution in [0.1, 0.15) is 54.4 Å². The summed E-state index contributed by atoms with van der Waals surface area (Å²) in [5.74, 6) is 0.219. The maximum absolute atomic E-state index is 12.2. The number of ether oxygens (including phenoxy) is 1. The molecule has 1 N–H and O–H groups in total. The molecule has 4 heteroatoms. The van der Waals surface area contributed by atoms with Gasteiger partial charge in [-0.2, -0.15) is 0 Å². The van der Waals surface area contributed by atoms with Crippen molar-refractivity contribution in [1.29, 1.82) is 0 Å². The molecule has 1 unspecified atom stereocenters. The van der Waals surface area contributed by atoms with Crippen molar-refractivity contribution in [3.63, 3.8) is 0 Å². The van der Waals surface area contributed by atoms with E-state index < -0.39 is 5.60 Å². The van der Waals surface area contributed by atoms with Crippen molar-refractivity contribution in [2.24, 2.45) is 5.92 Å². The molecule has 0 aliphatic carbocycles. The number of hydrogen-bond acceptors (Lipinski definition) is 3. The summed E-state index contributed by atoms with van der Waals surface area (Å²) in [5, 5.41) is 10.0. The number of likely N-dealkylation sites (tertiary alicyclic amines) is 1. The van der Waals surface area contributed by atoms with Gasteiger partial charge >= 0.3 is 6.09 Å². The molecule has 106 valence electrons. The van der Waals surface area contributed by atoms with Gasteiger partial charge in [-0.15, -0.1) is 0 Å². The lowest BCUT2D eigenvalue weighted by molar-refractivity contribution is -0.000932. The average Bonchev–Trinajstić information content (AvgIpc) is 2.21. The normalized spacial score (nSPS) is 28.7. The van der Waals surface area contributed by atoms with Crippen molar-refractivity contribution in [3.8, 4) is 0 Å². The minimum atomic E-state index is -0.482.